The molecule has 0 fully saturated rings. The molecule has 2 amide bonds. The Balaban J connectivity index is 1.67. The van der Waals surface area contributed by atoms with Crippen molar-refractivity contribution in [1.82, 2.24) is 5.32 Å². The second-order valence-electron chi connectivity index (χ2n) is 7.97. The lowest BCUT2D eigenvalue weighted by Gasteiger charge is -2.19. The summed E-state index contributed by atoms with van der Waals surface area (Å²) in [7, 11) is 0. The average Bonchev–Trinajstić information content (AvgIpc) is 2.66. The van der Waals surface area contributed by atoms with Crippen LogP contribution >= 0.6 is 0 Å². The molecular formula is C24H26N2O3. The molecule has 5 nitrogen and oxygen atoms in total. The third kappa shape index (κ3) is 5.35. The van der Waals surface area contributed by atoms with Gasteiger partial charge in [0, 0.05) is 11.3 Å². The summed E-state index contributed by atoms with van der Waals surface area (Å²) in [4.78, 5) is 24.5. The van der Waals surface area contributed by atoms with Gasteiger partial charge in [-0.3, -0.25) is 10.1 Å². The smallest absolute Gasteiger partial charge is 0.412 e. The number of ether oxygens (including phenoxy) is 1. The number of amides is 2. The van der Waals surface area contributed by atoms with E-state index in [1.807, 2.05) is 31.2 Å². The van der Waals surface area contributed by atoms with Crippen LogP contribution in [0.4, 0.5) is 10.5 Å². The van der Waals surface area contributed by atoms with Crippen LogP contribution in [0.15, 0.2) is 66.7 Å². The summed E-state index contributed by atoms with van der Waals surface area (Å²) in [6.07, 6.45) is -0.528. The molecule has 0 bridgehead atoms. The molecule has 0 saturated heterocycles. The Kier molecular flexibility index (Phi) is 5.87. The molecule has 0 aliphatic carbocycles. The zero-order valence-electron chi connectivity index (χ0n) is 17.2. The molecular weight excluding hydrogens is 364 g/mol. The van der Waals surface area contributed by atoms with Crippen molar-refractivity contribution in [2.24, 2.45) is 0 Å². The SMILES string of the molecule is CC(NC(=O)c1ccc(NC(=O)OC(C)(C)C)cc1)c1cccc2ccccc12. The fraction of sp³-hybridized carbons (Fsp3) is 0.250. The second kappa shape index (κ2) is 8.35. The van der Waals surface area contributed by atoms with Gasteiger partial charge in [0.25, 0.3) is 5.91 Å². The number of carbonyl (C=O) groups excluding carboxylic acids is 2. The van der Waals surface area contributed by atoms with Gasteiger partial charge in [0.15, 0.2) is 0 Å². The molecule has 0 aliphatic rings. The first kappa shape index (κ1) is 20.4. The van der Waals surface area contributed by atoms with Crippen LogP contribution in [0.1, 0.15) is 49.7 Å². The summed E-state index contributed by atoms with van der Waals surface area (Å²) in [6.45, 7) is 7.38. The summed E-state index contributed by atoms with van der Waals surface area (Å²) in [5.74, 6) is -0.172. The molecule has 1 atom stereocenters. The van der Waals surface area contributed by atoms with Crippen LogP contribution in [0.2, 0.25) is 0 Å². The maximum atomic E-state index is 12.7. The van der Waals surface area contributed by atoms with E-state index in [1.54, 1.807) is 45.0 Å². The highest BCUT2D eigenvalue weighted by molar-refractivity contribution is 5.96. The number of benzene rings is 3. The van der Waals surface area contributed by atoms with Gasteiger partial charge in [-0.25, -0.2) is 4.79 Å². The van der Waals surface area contributed by atoms with E-state index in [2.05, 4.69) is 28.8 Å². The van der Waals surface area contributed by atoms with E-state index in [0.29, 0.717) is 11.3 Å². The van der Waals surface area contributed by atoms with Gasteiger partial charge >= 0.3 is 6.09 Å². The summed E-state index contributed by atoms with van der Waals surface area (Å²) >= 11 is 0. The number of nitrogens with one attached hydrogen (secondary N) is 2. The third-order valence-electron chi connectivity index (χ3n) is 4.43. The zero-order valence-corrected chi connectivity index (χ0v) is 17.2. The Bertz CT molecular complexity index is 1010. The van der Waals surface area contributed by atoms with E-state index in [0.717, 1.165) is 16.3 Å². The first-order chi connectivity index (χ1) is 13.7. The van der Waals surface area contributed by atoms with E-state index >= 15 is 0 Å². The molecule has 150 valence electrons. The highest BCUT2D eigenvalue weighted by atomic mass is 16.6. The minimum atomic E-state index is -0.568. The Hall–Kier alpha value is -3.34. The largest absolute Gasteiger partial charge is 0.444 e. The van der Waals surface area contributed by atoms with Gasteiger partial charge < -0.3 is 10.1 Å². The maximum Gasteiger partial charge on any atom is 0.412 e. The van der Waals surface area contributed by atoms with E-state index in [9.17, 15) is 9.59 Å². The van der Waals surface area contributed by atoms with Gasteiger partial charge in [0.1, 0.15) is 5.60 Å². The Labute approximate surface area is 171 Å². The number of anilines is 1. The van der Waals surface area contributed by atoms with Gasteiger partial charge in [0.05, 0.1) is 6.04 Å². The predicted octanol–water partition coefficient (Wildman–Crippen LogP) is 5.68. The van der Waals surface area contributed by atoms with Crippen molar-refractivity contribution in [1.29, 1.82) is 0 Å². The Morgan fingerprint density at radius 3 is 2.24 bits per heavy atom. The number of hydrogen-bond acceptors (Lipinski definition) is 3. The predicted molar refractivity (Wildman–Crippen MR) is 116 cm³/mol. The van der Waals surface area contributed by atoms with Crippen LogP contribution < -0.4 is 10.6 Å². The molecule has 3 aromatic rings. The van der Waals surface area contributed by atoms with Gasteiger partial charge in [-0.05, 0) is 68.3 Å². The first-order valence-corrected chi connectivity index (χ1v) is 9.61. The lowest BCUT2D eigenvalue weighted by molar-refractivity contribution is 0.0635. The second-order valence-corrected chi connectivity index (χ2v) is 7.97. The number of carbonyl (C=O) groups is 2. The highest BCUT2D eigenvalue weighted by Crippen LogP contribution is 2.24. The number of hydrogen-bond donors (Lipinski definition) is 2. The molecule has 2 N–H and O–H groups in total. The van der Waals surface area contributed by atoms with E-state index < -0.39 is 11.7 Å². The van der Waals surface area contributed by atoms with Crippen LogP contribution in [-0.4, -0.2) is 17.6 Å². The molecule has 1 unspecified atom stereocenters. The fourth-order valence-electron chi connectivity index (χ4n) is 3.11. The average molecular weight is 390 g/mol. The van der Waals surface area contributed by atoms with Gasteiger partial charge in [0.2, 0.25) is 0 Å². The van der Waals surface area contributed by atoms with Crippen LogP contribution in [-0.2, 0) is 4.74 Å². The molecule has 5 heteroatoms. The Morgan fingerprint density at radius 1 is 0.897 bits per heavy atom. The van der Waals surface area contributed by atoms with Crippen molar-refractivity contribution in [3.63, 3.8) is 0 Å². The lowest BCUT2D eigenvalue weighted by Crippen LogP contribution is -2.27. The van der Waals surface area contributed by atoms with Crippen LogP contribution in [0.5, 0.6) is 0 Å². The Morgan fingerprint density at radius 2 is 1.55 bits per heavy atom. The molecule has 29 heavy (non-hydrogen) atoms. The van der Waals surface area contributed by atoms with Crippen LogP contribution in [0, 0.1) is 0 Å². The summed E-state index contributed by atoms with van der Waals surface area (Å²) < 4.78 is 5.23. The van der Waals surface area contributed by atoms with Crippen molar-refractivity contribution in [2.45, 2.75) is 39.3 Å². The molecule has 0 aliphatic heterocycles. The number of rotatable bonds is 4. The van der Waals surface area contributed by atoms with E-state index in [1.165, 1.54) is 0 Å². The monoisotopic (exact) mass is 390 g/mol. The summed E-state index contributed by atoms with van der Waals surface area (Å²) in [6, 6.07) is 20.8. The standard InChI is InChI=1S/C24H26N2O3/c1-16(20-11-7-9-17-8-5-6-10-21(17)20)25-22(27)18-12-14-19(15-13-18)26-23(28)29-24(2,3)4/h5-16H,1-4H3,(H,25,27)(H,26,28). The molecule has 0 spiro atoms. The topological polar surface area (TPSA) is 67.4 Å². The van der Waals surface area contributed by atoms with E-state index in [4.69, 9.17) is 4.74 Å². The maximum absolute atomic E-state index is 12.7. The minimum absolute atomic E-state index is 0.145. The van der Waals surface area contributed by atoms with Crippen molar-refractivity contribution < 1.29 is 14.3 Å². The minimum Gasteiger partial charge on any atom is -0.444 e. The van der Waals surface area contributed by atoms with Gasteiger partial charge in [-0.2, -0.15) is 0 Å². The summed E-state index contributed by atoms with van der Waals surface area (Å²) in [5, 5.41) is 7.97. The quantitative estimate of drug-likeness (QED) is 0.602. The lowest BCUT2D eigenvalue weighted by atomic mass is 9.99. The van der Waals surface area contributed by atoms with Crippen molar-refractivity contribution in [2.75, 3.05) is 5.32 Å². The van der Waals surface area contributed by atoms with Crippen LogP contribution in [0.3, 0.4) is 0 Å². The first-order valence-electron chi connectivity index (χ1n) is 9.61. The molecule has 0 heterocycles. The van der Waals surface area contributed by atoms with Crippen LogP contribution in [0.25, 0.3) is 10.8 Å². The van der Waals surface area contributed by atoms with E-state index in [-0.39, 0.29) is 11.9 Å². The normalized spacial score (nSPS) is 12.3. The fourth-order valence-corrected chi connectivity index (χ4v) is 3.11. The summed E-state index contributed by atoms with van der Waals surface area (Å²) in [5.41, 5.74) is 1.59. The van der Waals surface area contributed by atoms with Crippen molar-refractivity contribution in [3.8, 4) is 0 Å². The molecule has 0 radical (unpaired) electrons. The highest BCUT2D eigenvalue weighted by Gasteiger charge is 2.17. The molecule has 0 aromatic heterocycles. The molecule has 0 saturated carbocycles. The molecule has 3 aromatic carbocycles. The zero-order chi connectivity index (χ0) is 21.0. The van der Waals surface area contributed by atoms with Crippen molar-refractivity contribution in [3.05, 3.63) is 77.9 Å². The number of fused-ring (bicyclic) bond motifs is 1. The van der Waals surface area contributed by atoms with Gasteiger partial charge in [-0.15, -0.1) is 0 Å². The third-order valence-corrected chi connectivity index (χ3v) is 4.43. The van der Waals surface area contributed by atoms with Gasteiger partial charge in [-0.1, -0.05) is 42.5 Å². The van der Waals surface area contributed by atoms with Crippen molar-refractivity contribution >= 4 is 28.5 Å². The molecule has 3 rings (SSSR count).